The first-order chi connectivity index (χ1) is 17.5. The number of amides is 2. The SMILES string of the molecule is CCN(C(=O)CCC(=O)O)[C@H]1c2cc(F)ccc2N(C(=O)c2ccc(SC(F)(F)F)cc2)[C@H]2CCC[C@@H]12. The lowest BCUT2D eigenvalue weighted by molar-refractivity contribution is -0.142. The van der Waals surface area contributed by atoms with Crippen LogP contribution >= 0.6 is 11.8 Å². The predicted molar refractivity (Wildman–Crippen MR) is 130 cm³/mol. The van der Waals surface area contributed by atoms with E-state index in [0.717, 1.165) is 6.42 Å². The van der Waals surface area contributed by atoms with Crippen molar-refractivity contribution in [2.45, 2.75) is 61.5 Å². The van der Waals surface area contributed by atoms with Crippen molar-refractivity contribution in [1.82, 2.24) is 4.90 Å². The van der Waals surface area contributed by atoms with E-state index in [4.69, 9.17) is 5.11 Å². The number of carbonyl (C=O) groups is 3. The molecular formula is C26H26F4N2O4S. The van der Waals surface area contributed by atoms with Crippen molar-refractivity contribution in [3.8, 4) is 0 Å². The average molecular weight is 539 g/mol. The van der Waals surface area contributed by atoms with Crippen LogP contribution in [0.25, 0.3) is 0 Å². The molecule has 2 amide bonds. The van der Waals surface area contributed by atoms with Crippen molar-refractivity contribution in [1.29, 1.82) is 0 Å². The topological polar surface area (TPSA) is 77.9 Å². The molecule has 0 unspecified atom stereocenters. The highest BCUT2D eigenvalue weighted by molar-refractivity contribution is 8.00. The Labute approximate surface area is 215 Å². The number of carbonyl (C=O) groups excluding carboxylic acids is 2. The number of carboxylic acids is 1. The minimum absolute atomic E-state index is 0.0394. The number of anilines is 1. The summed E-state index contributed by atoms with van der Waals surface area (Å²) < 4.78 is 52.6. The van der Waals surface area contributed by atoms with Gasteiger partial charge in [-0.15, -0.1) is 0 Å². The Morgan fingerprint density at radius 2 is 1.78 bits per heavy atom. The van der Waals surface area contributed by atoms with Gasteiger partial charge < -0.3 is 14.9 Å². The van der Waals surface area contributed by atoms with Crippen LogP contribution in [0.3, 0.4) is 0 Å². The minimum atomic E-state index is -4.44. The summed E-state index contributed by atoms with van der Waals surface area (Å²) in [5.41, 5.74) is -3.33. The first-order valence-electron chi connectivity index (χ1n) is 12.0. The monoisotopic (exact) mass is 538 g/mol. The second-order valence-corrected chi connectivity index (χ2v) is 10.3. The predicted octanol–water partition coefficient (Wildman–Crippen LogP) is 6.02. The van der Waals surface area contributed by atoms with Gasteiger partial charge in [-0.05, 0) is 74.0 Å². The molecular weight excluding hydrogens is 512 g/mol. The fourth-order valence-corrected chi connectivity index (χ4v) is 6.07. The summed E-state index contributed by atoms with van der Waals surface area (Å²) in [6.45, 7) is 2.06. The molecule has 0 spiro atoms. The van der Waals surface area contributed by atoms with Gasteiger partial charge in [0, 0.05) is 46.6 Å². The first-order valence-corrected chi connectivity index (χ1v) is 12.8. The number of aliphatic carboxylic acids is 1. The zero-order valence-electron chi connectivity index (χ0n) is 20.0. The standard InChI is InChI=1S/C26H26F4N2O4S/c1-2-31(22(33)12-13-23(34)35)24-18-4-3-5-20(18)32(21-11-8-16(27)14-19(21)24)25(36)15-6-9-17(10-7-15)37-26(28,29)30/h6-11,14,18,20,24H,2-5,12-13H2,1H3,(H,34,35)/t18-,20+,24-/m1/s1. The number of thioether (sulfide) groups is 1. The van der Waals surface area contributed by atoms with Gasteiger partial charge in [0.05, 0.1) is 12.5 Å². The number of alkyl halides is 3. The van der Waals surface area contributed by atoms with Gasteiger partial charge >= 0.3 is 11.5 Å². The summed E-state index contributed by atoms with van der Waals surface area (Å²) in [5.74, 6) is -2.59. The van der Waals surface area contributed by atoms with Crippen molar-refractivity contribution in [2.75, 3.05) is 11.4 Å². The fourth-order valence-electron chi connectivity index (χ4n) is 5.53. The Hall–Kier alpha value is -3.08. The van der Waals surface area contributed by atoms with Gasteiger partial charge in [0.2, 0.25) is 5.91 Å². The Morgan fingerprint density at radius 1 is 1.08 bits per heavy atom. The van der Waals surface area contributed by atoms with Crippen molar-refractivity contribution in [3.05, 3.63) is 59.4 Å². The number of fused-ring (bicyclic) bond motifs is 2. The molecule has 3 atom stereocenters. The number of rotatable bonds is 7. The molecule has 1 N–H and O–H groups in total. The molecule has 0 radical (unpaired) electrons. The number of hydrogen-bond acceptors (Lipinski definition) is 4. The first kappa shape index (κ1) is 27.0. The smallest absolute Gasteiger partial charge is 0.446 e. The molecule has 0 aromatic heterocycles. The third-order valence-electron chi connectivity index (χ3n) is 6.94. The zero-order chi connectivity index (χ0) is 26.9. The van der Waals surface area contributed by atoms with Crippen molar-refractivity contribution in [3.63, 3.8) is 0 Å². The summed E-state index contributed by atoms with van der Waals surface area (Å²) in [6, 6.07) is 8.40. The number of hydrogen-bond donors (Lipinski definition) is 1. The quantitative estimate of drug-likeness (QED) is 0.345. The number of halogens is 4. The van der Waals surface area contributed by atoms with Crippen molar-refractivity contribution < 1.29 is 37.1 Å². The lowest BCUT2D eigenvalue weighted by Crippen LogP contribution is -2.52. The molecule has 198 valence electrons. The van der Waals surface area contributed by atoms with Crippen LogP contribution in [-0.4, -0.2) is 45.9 Å². The Kier molecular flexibility index (Phi) is 7.82. The molecule has 11 heteroatoms. The van der Waals surface area contributed by atoms with Crippen LogP contribution in [0.2, 0.25) is 0 Å². The largest absolute Gasteiger partial charge is 0.481 e. The normalized spacial score (nSPS) is 20.8. The van der Waals surface area contributed by atoms with E-state index in [9.17, 15) is 31.9 Å². The van der Waals surface area contributed by atoms with Crippen LogP contribution in [0, 0.1) is 11.7 Å². The van der Waals surface area contributed by atoms with E-state index in [1.165, 1.54) is 42.5 Å². The molecule has 2 aromatic rings. The lowest BCUT2D eigenvalue weighted by atomic mass is 9.81. The molecule has 2 aromatic carbocycles. The molecule has 4 rings (SSSR count). The molecule has 37 heavy (non-hydrogen) atoms. The van der Waals surface area contributed by atoms with Crippen molar-refractivity contribution in [2.24, 2.45) is 5.92 Å². The maximum Gasteiger partial charge on any atom is 0.446 e. The second kappa shape index (κ2) is 10.7. The summed E-state index contributed by atoms with van der Waals surface area (Å²) in [4.78, 5) is 40.9. The Morgan fingerprint density at radius 3 is 2.41 bits per heavy atom. The molecule has 0 saturated heterocycles. The van der Waals surface area contributed by atoms with E-state index >= 15 is 0 Å². The molecule has 0 bridgehead atoms. The molecule has 1 aliphatic carbocycles. The van der Waals surface area contributed by atoms with Crippen LogP contribution in [0.1, 0.15) is 61.0 Å². The highest BCUT2D eigenvalue weighted by Gasteiger charge is 2.48. The lowest BCUT2D eigenvalue weighted by Gasteiger charge is -2.47. The van der Waals surface area contributed by atoms with Gasteiger partial charge in [-0.2, -0.15) is 13.2 Å². The van der Waals surface area contributed by atoms with Crippen LogP contribution in [0.15, 0.2) is 47.4 Å². The van der Waals surface area contributed by atoms with E-state index in [1.54, 1.807) is 16.7 Å². The van der Waals surface area contributed by atoms with E-state index in [2.05, 4.69) is 0 Å². The fraction of sp³-hybridized carbons (Fsp3) is 0.423. The number of benzene rings is 2. The van der Waals surface area contributed by atoms with Gasteiger partial charge in [0.1, 0.15) is 5.82 Å². The van der Waals surface area contributed by atoms with E-state index in [-0.39, 0.29) is 59.5 Å². The maximum atomic E-state index is 14.5. The Balaban J connectivity index is 1.72. The van der Waals surface area contributed by atoms with Gasteiger partial charge in [-0.25, -0.2) is 4.39 Å². The second-order valence-electron chi connectivity index (χ2n) is 9.13. The molecule has 2 aliphatic rings. The van der Waals surface area contributed by atoms with Gasteiger partial charge in [0.25, 0.3) is 5.91 Å². The third kappa shape index (κ3) is 5.76. The molecule has 1 heterocycles. The summed E-state index contributed by atoms with van der Waals surface area (Å²) in [7, 11) is 0. The summed E-state index contributed by atoms with van der Waals surface area (Å²) >= 11 is -0.264. The third-order valence-corrected chi connectivity index (χ3v) is 7.68. The highest BCUT2D eigenvalue weighted by Crippen LogP contribution is 2.51. The van der Waals surface area contributed by atoms with Gasteiger partial charge in [-0.3, -0.25) is 14.4 Å². The van der Waals surface area contributed by atoms with E-state index < -0.39 is 29.2 Å². The van der Waals surface area contributed by atoms with E-state index in [1.807, 2.05) is 0 Å². The van der Waals surface area contributed by atoms with Gasteiger partial charge in [0.15, 0.2) is 0 Å². The van der Waals surface area contributed by atoms with Crippen LogP contribution < -0.4 is 4.90 Å². The van der Waals surface area contributed by atoms with Crippen LogP contribution in [-0.2, 0) is 9.59 Å². The van der Waals surface area contributed by atoms with E-state index in [0.29, 0.717) is 24.1 Å². The van der Waals surface area contributed by atoms with Crippen LogP contribution in [0.4, 0.5) is 23.2 Å². The highest BCUT2D eigenvalue weighted by atomic mass is 32.2. The summed E-state index contributed by atoms with van der Waals surface area (Å²) in [5, 5.41) is 9.03. The molecule has 6 nitrogen and oxygen atoms in total. The van der Waals surface area contributed by atoms with Crippen molar-refractivity contribution >= 4 is 35.2 Å². The average Bonchev–Trinajstić information content (AvgIpc) is 3.31. The molecule has 1 saturated carbocycles. The van der Waals surface area contributed by atoms with Gasteiger partial charge in [-0.1, -0.05) is 6.42 Å². The Bertz CT molecular complexity index is 1190. The minimum Gasteiger partial charge on any atom is -0.481 e. The number of nitrogens with zero attached hydrogens (tertiary/aromatic N) is 2. The zero-order valence-corrected chi connectivity index (χ0v) is 20.8. The van der Waals surface area contributed by atoms with Crippen LogP contribution in [0.5, 0.6) is 0 Å². The maximum absolute atomic E-state index is 14.5. The molecule has 1 fully saturated rings. The number of carboxylic acid groups (broad SMARTS) is 1. The summed E-state index contributed by atoms with van der Waals surface area (Å²) in [6.07, 6.45) is 1.59. The molecule has 1 aliphatic heterocycles.